The van der Waals surface area contributed by atoms with Crippen LogP contribution in [-0.4, -0.2) is 105 Å². The number of aromatic amines is 1. The fourth-order valence-corrected chi connectivity index (χ4v) is 9.52. The van der Waals surface area contributed by atoms with E-state index in [1.807, 2.05) is 82.1 Å². The first kappa shape index (κ1) is 47.8. The summed E-state index contributed by atoms with van der Waals surface area (Å²) >= 11 is 0. The number of carbonyl (C=O) groups excluding carboxylic acids is 3. The Morgan fingerprint density at radius 1 is 1.01 bits per heavy atom. The fourth-order valence-electron chi connectivity index (χ4n) is 9.52. The number of alkyl carbamates (subject to hydrolysis) is 1. The molecule has 5 N–H and O–H groups in total. The zero-order chi connectivity index (χ0) is 48.2. The number of nitrogens with two attached hydrogens (primary N) is 1. The second-order valence-electron chi connectivity index (χ2n) is 18.6. The third-order valence-electron chi connectivity index (χ3n) is 13.4. The number of aromatic nitrogens is 3. The average molecular weight is 925 g/mol. The van der Waals surface area contributed by atoms with E-state index in [1.165, 1.54) is 7.11 Å². The summed E-state index contributed by atoms with van der Waals surface area (Å²) < 4.78 is 20.1. The van der Waals surface area contributed by atoms with Crippen molar-refractivity contribution >= 4 is 40.1 Å². The minimum Gasteiger partial charge on any atom is -0.493 e. The quantitative estimate of drug-likeness (QED) is 0.0556. The number of amides is 3. The number of methoxy groups -OCH3 is 1. The van der Waals surface area contributed by atoms with Crippen LogP contribution in [0.2, 0.25) is 0 Å². The Kier molecular flexibility index (Phi) is 14.5. The van der Waals surface area contributed by atoms with Crippen molar-refractivity contribution in [3.63, 3.8) is 0 Å². The number of hydrogen-bond donors (Lipinski definition) is 4. The number of allylic oxidation sites excluding steroid dienone is 1. The molecule has 0 bridgehead atoms. The number of H-pyrrole nitrogens is 1. The van der Waals surface area contributed by atoms with Crippen LogP contribution in [0.1, 0.15) is 95.9 Å². The molecule has 0 aliphatic carbocycles. The maximum Gasteiger partial charge on any atom is 0.407 e. The van der Waals surface area contributed by atoms with Gasteiger partial charge in [-0.3, -0.25) is 14.6 Å². The maximum absolute atomic E-state index is 13.8. The second kappa shape index (κ2) is 20.7. The number of likely N-dealkylation sites (tertiary alicyclic amines) is 2. The van der Waals surface area contributed by atoms with Crippen LogP contribution in [-0.2, 0) is 14.3 Å². The van der Waals surface area contributed by atoms with Crippen molar-refractivity contribution in [3.05, 3.63) is 109 Å². The predicted molar refractivity (Wildman–Crippen MR) is 264 cm³/mol. The number of imidazole rings is 1. The molecule has 3 amide bonds. The highest BCUT2D eigenvalue weighted by Crippen LogP contribution is 2.46. The maximum atomic E-state index is 13.8. The number of nitrogens with zero attached hydrogens (tertiary/aromatic N) is 5. The van der Waals surface area contributed by atoms with Crippen LogP contribution in [0.15, 0.2) is 96.8 Å². The highest BCUT2D eigenvalue weighted by atomic mass is 16.5. The molecule has 5 aromatic rings. The van der Waals surface area contributed by atoms with Crippen LogP contribution in [0.25, 0.3) is 39.0 Å². The first-order chi connectivity index (χ1) is 32.8. The van der Waals surface area contributed by atoms with Gasteiger partial charge in [-0.2, -0.15) is 0 Å². The van der Waals surface area contributed by atoms with Crippen LogP contribution in [0.4, 0.5) is 4.79 Å². The molecule has 8 rings (SSSR count). The molecule has 2 aromatic heterocycles. The molecule has 2 fully saturated rings. The first-order valence-corrected chi connectivity index (χ1v) is 23.7. The van der Waals surface area contributed by atoms with Crippen molar-refractivity contribution in [3.8, 4) is 34.0 Å². The number of aliphatic imine (C=N–C) groups is 1. The predicted octanol–water partition coefficient (Wildman–Crippen LogP) is 8.41. The summed E-state index contributed by atoms with van der Waals surface area (Å²) in [7, 11) is 1.29. The third kappa shape index (κ3) is 9.68. The van der Waals surface area contributed by atoms with Crippen molar-refractivity contribution in [2.45, 2.75) is 97.1 Å². The van der Waals surface area contributed by atoms with E-state index in [2.05, 4.69) is 51.8 Å². The smallest absolute Gasteiger partial charge is 0.407 e. The minimum absolute atomic E-state index is 0.0355. The molecule has 5 heterocycles. The monoisotopic (exact) mass is 924 g/mol. The lowest BCUT2D eigenvalue weighted by Crippen LogP contribution is -2.51. The van der Waals surface area contributed by atoms with E-state index < -0.39 is 24.4 Å². The van der Waals surface area contributed by atoms with Gasteiger partial charge in [0.1, 0.15) is 23.4 Å². The number of fused-ring (bicyclic) bond motifs is 5. The van der Waals surface area contributed by atoms with Crippen LogP contribution in [0.3, 0.4) is 0 Å². The molecule has 5 atom stereocenters. The molecule has 0 radical (unpaired) electrons. The summed E-state index contributed by atoms with van der Waals surface area (Å²) in [6.07, 6.45) is 7.95. The largest absolute Gasteiger partial charge is 0.493 e. The molecular formula is C53H64N8O7. The lowest BCUT2D eigenvalue weighted by molar-refractivity contribution is -0.135. The van der Waals surface area contributed by atoms with E-state index >= 15 is 0 Å². The Bertz CT molecular complexity index is 2730. The minimum atomic E-state index is -0.731. The number of nitrogens with one attached hydrogen (secondary N) is 2. The zero-order valence-corrected chi connectivity index (χ0v) is 39.9. The van der Waals surface area contributed by atoms with Crippen molar-refractivity contribution in [1.29, 1.82) is 0 Å². The number of carbonyl (C=O) groups is 3. The lowest BCUT2D eigenvalue weighted by Gasteiger charge is -2.31. The van der Waals surface area contributed by atoms with E-state index in [0.717, 1.165) is 81.5 Å². The topological polar surface area (TPSA) is 190 Å². The Morgan fingerprint density at radius 2 is 1.81 bits per heavy atom. The van der Waals surface area contributed by atoms with Crippen molar-refractivity contribution in [2.24, 2.45) is 22.6 Å². The van der Waals surface area contributed by atoms with Crippen LogP contribution in [0, 0.1) is 11.8 Å². The highest BCUT2D eigenvalue weighted by molar-refractivity contribution is 6.02. The van der Waals surface area contributed by atoms with Gasteiger partial charge in [0.25, 0.3) is 0 Å². The SMILES string of the molecule is C=C/C(=N\C=C(/C)c1ccc2c(c1)cc1n2C(c2cccc(OCCCO)c2)Oc2cc(-c3cnc([C@@H]4CCCN4C(=O)[C@@H](NC(=O)OC)C(C)C)[nH]3)ccc2-1)[C@@H]1CCCN1C(=O)[C@@H](N)C(C)C. The van der Waals surface area contributed by atoms with Gasteiger partial charge < -0.3 is 49.7 Å². The molecule has 2 saturated heterocycles. The molecule has 0 saturated carbocycles. The molecular weight excluding hydrogens is 861 g/mol. The van der Waals surface area contributed by atoms with Gasteiger partial charge >= 0.3 is 6.09 Å². The number of aliphatic hydroxyl groups excluding tert-OH is 1. The van der Waals surface area contributed by atoms with Gasteiger partial charge in [0.05, 0.1) is 60.7 Å². The Labute approximate surface area is 398 Å². The molecule has 0 spiro atoms. The Hall–Kier alpha value is -6.71. The normalized spacial score (nSPS) is 19.2. The van der Waals surface area contributed by atoms with E-state index in [1.54, 1.807) is 17.2 Å². The lowest BCUT2D eigenvalue weighted by atomic mass is 10.0. The van der Waals surface area contributed by atoms with E-state index in [-0.39, 0.29) is 42.3 Å². The van der Waals surface area contributed by atoms with Gasteiger partial charge in [-0.25, -0.2) is 9.78 Å². The van der Waals surface area contributed by atoms with E-state index in [9.17, 15) is 19.5 Å². The summed E-state index contributed by atoms with van der Waals surface area (Å²) in [5.41, 5.74) is 14.4. The number of aliphatic hydroxyl groups is 1. The summed E-state index contributed by atoms with van der Waals surface area (Å²) in [6, 6.07) is 20.8. The van der Waals surface area contributed by atoms with E-state index in [4.69, 9.17) is 29.9 Å². The van der Waals surface area contributed by atoms with Crippen LogP contribution >= 0.6 is 0 Å². The number of rotatable bonds is 16. The summed E-state index contributed by atoms with van der Waals surface area (Å²) in [4.78, 5) is 56.2. The van der Waals surface area contributed by atoms with Crippen molar-refractivity contribution in [1.82, 2.24) is 29.7 Å². The van der Waals surface area contributed by atoms with Gasteiger partial charge in [-0.15, -0.1) is 0 Å². The van der Waals surface area contributed by atoms with Gasteiger partial charge in [-0.1, -0.05) is 58.5 Å². The van der Waals surface area contributed by atoms with Gasteiger partial charge in [0.15, 0.2) is 0 Å². The summed E-state index contributed by atoms with van der Waals surface area (Å²) in [6.45, 7) is 15.4. The third-order valence-corrected chi connectivity index (χ3v) is 13.4. The zero-order valence-electron chi connectivity index (χ0n) is 39.9. The summed E-state index contributed by atoms with van der Waals surface area (Å²) in [5.74, 6) is 1.72. The van der Waals surface area contributed by atoms with Gasteiger partial charge in [-0.05, 0) is 104 Å². The van der Waals surface area contributed by atoms with Gasteiger partial charge in [0.2, 0.25) is 18.0 Å². The van der Waals surface area contributed by atoms with Crippen molar-refractivity contribution < 1.29 is 33.7 Å². The highest BCUT2D eigenvalue weighted by Gasteiger charge is 2.38. The number of hydrogen-bond acceptors (Lipinski definition) is 10. The Morgan fingerprint density at radius 3 is 2.56 bits per heavy atom. The molecule has 358 valence electrons. The molecule has 68 heavy (non-hydrogen) atoms. The molecule has 3 aromatic carbocycles. The molecule has 3 aliphatic heterocycles. The average Bonchev–Trinajstić information content (AvgIpc) is 4.19. The first-order valence-electron chi connectivity index (χ1n) is 23.7. The number of ether oxygens (including phenoxy) is 3. The molecule has 3 aliphatic rings. The molecule has 15 nitrogen and oxygen atoms in total. The Balaban J connectivity index is 1.12. The molecule has 15 heteroatoms. The van der Waals surface area contributed by atoms with Crippen LogP contribution < -0.4 is 20.5 Å². The fraction of sp³-hybridized carbons (Fsp3) is 0.415. The van der Waals surface area contributed by atoms with Crippen LogP contribution in [0.5, 0.6) is 11.5 Å². The standard InChI is InChI=1S/C53H64N8O7/c1-8-40(43-15-10-21-59(43)50(63)47(54)31(2)3)55-29-33(6)34-18-20-42-37(25-34)27-45-39-19-17-35(28-46(39)68-52(61(42)45)36-13-9-14-38(26-36)67-24-12-23-62)41-30-56-49(57-41)44-16-11-22-60(44)51(64)48(32(4)5)58-53(65)66-7/h8-9,13-14,17-20,25-32,43-44,47-48,52,62H,1,10-12,15-16,21-24,54H2,2-7H3,(H,56,57)(H,58,65)/b33-29+,55-40+/t43-,44-,47-,48-,52?/m0/s1. The van der Waals surface area contributed by atoms with E-state index in [0.29, 0.717) is 43.4 Å². The van der Waals surface area contributed by atoms with Gasteiger partial charge in [0, 0.05) is 54.4 Å². The molecule has 1 unspecified atom stereocenters. The number of benzene rings is 3. The summed E-state index contributed by atoms with van der Waals surface area (Å²) in [5, 5.41) is 13.1. The second-order valence-corrected chi connectivity index (χ2v) is 18.6. The van der Waals surface area contributed by atoms with Crippen molar-refractivity contribution in [2.75, 3.05) is 33.4 Å².